The minimum atomic E-state index is 0.0374. The number of aromatic nitrogens is 5. The number of carbonyl (C=O) groups is 1. The molecule has 5 rings (SSSR count). The van der Waals surface area contributed by atoms with Crippen molar-refractivity contribution in [2.75, 3.05) is 31.6 Å². The van der Waals surface area contributed by atoms with Crippen LogP contribution in [0.5, 0.6) is 0 Å². The first-order valence-corrected chi connectivity index (χ1v) is 10.6. The number of nitrogens with zero attached hydrogens (tertiary/aromatic N) is 6. The summed E-state index contributed by atoms with van der Waals surface area (Å²) < 4.78 is 8.64. The van der Waals surface area contributed by atoms with Gasteiger partial charge in [0, 0.05) is 29.9 Å². The van der Waals surface area contributed by atoms with Gasteiger partial charge in [-0.2, -0.15) is 5.10 Å². The Morgan fingerprint density at radius 2 is 2.00 bits per heavy atom. The second-order valence-electron chi connectivity index (χ2n) is 6.81. The molecule has 4 aromatic rings. The molecule has 0 unspecified atom stereocenters. The van der Waals surface area contributed by atoms with Crippen molar-refractivity contribution in [3.05, 3.63) is 47.9 Å². The Morgan fingerprint density at radius 1 is 1.20 bits per heavy atom. The van der Waals surface area contributed by atoms with Crippen LogP contribution in [0.3, 0.4) is 0 Å². The highest BCUT2D eigenvalue weighted by atomic mass is 35.5. The van der Waals surface area contributed by atoms with E-state index in [1.807, 2.05) is 30.5 Å². The van der Waals surface area contributed by atoms with Crippen LogP contribution in [0.4, 0.5) is 10.8 Å². The standard InChI is InChI=1S/C19H18ClN7O2S/c20-14-3-1-13(2-4-14)16-11-27-19(23-16)30-18(24-27)22-15-9-21-26(10-15)12-17(28)25-5-7-29-8-6-25/h1-4,9-11H,5-8,12H2,(H,22,24). The van der Waals surface area contributed by atoms with Gasteiger partial charge in [-0.05, 0) is 12.1 Å². The van der Waals surface area contributed by atoms with Crippen LogP contribution in [-0.2, 0) is 16.1 Å². The van der Waals surface area contributed by atoms with Gasteiger partial charge < -0.3 is 15.0 Å². The van der Waals surface area contributed by atoms with E-state index in [2.05, 4.69) is 20.5 Å². The summed E-state index contributed by atoms with van der Waals surface area (Å²) in [7, 11) is 0. The molecule has 11 heteroatoms. The van der Waals surface area contributed by atoms with Crippen LogP contribution < -0.4 is 5.32 Å². The second kappa shape index (κ2) is 8.05. The Kier molecular flexibility index (Phi) is 5.11. The smallest absolute Gasteiger partial charge is 0.244 e. The molecule has 0 atom stereocenters. The highest BCUT2D eigenvalue weighted by molar-refractivity contribution is 7.20. The number of rotatable bonds is 5. The fraction of sp³-hybridized carbons (Fsp3) is 0.263. The zero-order chi connectivity index (χ0) is 20.5. The fourth-order valence-corrected chi connectivity index (χ4v) is 4.13. The van der Waals surface area contributed by atoms with Crippen LogP contribution in [0.2, 0.25) is 5.02 Å². The van der Waals surface area contributed by atoms with Crippen LogP contribution in [-0.4, -0.2) is 61.5 Å². The predicted molar refractivity (Wildman–Crippen MR) is 114 cm³/mol. The third-order valence-electron chi connectivity index (χ3n) is 4.73. The predicted octanol–water partition coefficient (Wildman–Crippen LogP) is 2.91. The van der Waals surface area contributed by atoms with Crippen molar-refractivity contribution < 1.29 is 9.53 Å². The number of hydrogen-bond donors (Lipinski definition) is 1. The molecule has 1 aliphatic heterocycles. The largest absolute Gasteiger partial charge is 0.378 e. The van der Waals surface area contributed by atoms with E-state index in [4.69, 9.17) is 16.3 Å². The van der Waals surface area contributed by atoms with Crippen LogP contribution in [0.25, 0.3) is 16.2 Å². The fourth-order valence-electron chi connectivity index (χ4n) is 3.20. The van der Waals surface area contributed by atoms with Crippen molar-refractivity contribution in [3.8, 4) is 11.3 Å². The summed E-state index contributed by atoms with van der Waals surface area (Å²) in [6, 6.07) is 7.54. The molecule has 1 fully saturated rings. The molecule has 30 heavy (non-hydrogen) atoms. The number of ether oxygens (including phenoxy) is 1. The molecule has 1 N–H and O–H groups in total. The normalized spacial score (nSPS) is 14.4. The summed E-state index contributed by atoms with van der Waals surface area (Å²) >= 11 is 7.38. The highest BCUT2D eigenvalue weighted by Gasteiger charge is 2.17. The van der Waals surface area contributed by atoms with Gasteiger partial charge in [0.25, 0.3) is 0 Å². The molecule has 0 bridgehead atoms. The summed E-state index contributed by atoms with van der Waals surface area (Å²) in [6.45, 7) is 2.63. The molecule has 1 aromatic carbocycles. The van der Waals surface area contributed by atoms with Gasteiger partial charge in [0.1, 0.15) is 6.54 Å². The lowest BCUT2D eigenvalue weighted by atomic mass is 10.2. The summed E-state index contributed by atoms with van der Waals surface area (Å²) in [5, 5.41) is 13.4. The van der Waals surface area contributed by atoms with Crippen LogP contribution in [0.1, 0.15) is 0 Å². The molecule has 1 amide bonds. The zero-order valence-electron chi connectivity index (χ0n) is 15.9. The number of nitrogens with one attached hydrogen (secondary N) is 1. The van der Waals surface area contributed by atoms with Gasteiger partial charge in [0.05, 0.1) is 37.0 Å². The van der Waals surface area contributed by atoms with Crippen molar-refractivity contribution in [2.24, 2.45) is 0 Å². The van der Waals surface area contributed by atoms with Gasteiger partial charge in [-0.25, -0.2) is 9.50 Å². The first kappa shape index (κ1) is 19.0. The summed E-state index contributed by atoms with van der Waals surface area (Å²) in [6.07, 6.45) is 5.35. The van der Waals surface area contributed by atoms with Crippen LogP contribution >= 0.6 is 22.9 Å². The van der Waals surface area contributed by atoms with E-state index in [0.29, 0.717) is 36.5 Å². The number of carbonyl (C=O) groups excluding carboxylic acids is 1. The molecule has 154 valence electrons. The van der Waals surface area contributed by atoms with Crippen LogP contribution in [0, 0.1) is 0 Å². The van der Waals surface area contributed by atoms with E-state index in [1.165, 1.54) is 11.3 Å². The summed E-state index contributed by atoms with van der Waals surface area (Å²) in [5.74, 6) is 0.0374. The van der Waals surface area contributed by atoms with Crippen molar-refractivity contribution in [3.63, 3.8) is 0 Å². The lowest BCUT2D eigenvalue weighted by Gasteiger charge is -2.26. The van der Waals surface area contributed by atoms with Crippen molar-refractivity contribution in [1.29, 1.82) is 0 Å². The number of amides is 1. The van der Waals surface area contributed by atoms with E-state index < -0.39 is 0 Å². The molecule has 1 saturated heterocycles. The third-order valence-corrected chi connectivity index (χ3v) is 5.82. The van der Waals surface area contributed by atoms with Crippen molar-refractivity contribution in [2.45, 2.75) is 6.54 Å². The van der Waals surface area contributed by atoms with Crippen molar-refractivity contribution >= 4 is 44.6 Å². The Hall–Kier alpha value is -2.95. The average molecular weight is 444 g/mol. The number of halogens is 1. The molecule has 0 spiro atoms. The number of anilines is 2. The minimum Gasteiger partial charge on any atom is -0.378 e. The zero-order valence-corrected chi connectivity index (χ0v) is 17.4. The molecule has 1 aliphatic rings. The maximum absolute atomic E-state index is 12.3. The topological polar surface area (TPSA) is 89.6 Å². The number of morpholine rings is 1. The first-order valence-electron chi connectivity index (χ1n) is 9.41. The maximum atomic E-state index is 12.3. The van der Waals surface area contributed by atoms with Gasteiger partial charge in [-0.3, -0.25) is 9.48 Å². The average Bonchev–Trinajstić information content (AvgIpc) is 3.45. The van der Waals surface area contributed by atoms with Crippen molar-refractivity contribution in [1.82, 2.24) is 29.3 Å². The lowest BCUT2D eigenvalue weighted by molar-refractivity contribution is -0.136. The van der Waals surface area contributed by atoms with E-state index in [0.717, 1.165) is 21.9 Å². The summed E-state index contributed by atoms with van der Waals surface area (Å²) in [4.78, 5) is 19.5. The Morgan fingerprint density at radius 3 is 2.77 bits per heavy atom. The van der Waals surface area contributed by atoms with E-state index in [-0.39, 0.29) is 12.5 Å². The quantitative estimate of drug-likeness (QED) is 0.510. The number of fused-ring (bicyclic) bond motifs is 1. The molecule has 0 saturated carbocycles. The Labute approximate surface area is 180 Å². The van der Waals surface area contributed by atoms with Crippen LogP contribution in [0.15, 0.2) is 42.9 Å². The Bertz CT molecular complexity index is 1150. The van der Waals surface area contributed by atoms with E-state index in [9.17, 15) is 4.79 Å². The van der Waals surface area contributed by atoms with Gasteiger partial charge in [-0.15, -0.1) is 5.10 Å². The molecule has 0 aliphatic carbocycles. The van der Waals surface area contributed by atoms with Gasteiger partial charge in [0.2, 0.25) is 16.0 Å². The second-order valence-corrected chi connectivity index (χ2v) is 8.20. The first-order chi connectivity index (χ1) is 14.6. The van der Waals surface area contributed by atoms with Gasteiger partial charge in [0.15, 0.2) is 0 Å². The minimum absolute atomic E-state index is 0.0374. The maximum Gasteiger partial charge on any atom is 0.244 e. The highest BCUT2D eigenvalue weighted by Crippen LogP contribution is 2.27. The van der Waals surface area contributed by atoms with E-state index in [1.54, 1.807) is 26.5 Å². The number of benzene rings is 1. The Balaban J connectivity index is 1.25. The summed E-state index contributed by atoms with van der Waals surface area (Å²) in [5.41, 5.74) is 2.59. The molecular weight excluding hydrogens is 426 g/mol. The molecule has 0 radical (unpaired) electrons. The van der Waals surface area contributed by atoms with Gasteiger partial charge in [-0.1, -0.05) is 35.1 Å². The van der Waals surface area contributed by atoms with E-state index >= 15 is 0 Å². The monoisotopic (exact) mass is 443 g/mol. The molecule has 3 aromatic heterocycles. The molecular formula is C19H18ClN7O2S. The third kappa shape index (κ3) is 4.02. The number of hydrogen-bond acceptors (Lipinski definition) is 7. The van der Waals surface area contributed by atoms with Gasteiger partial charge >= 0.3 is 0 Å². The lowest BCUT2D eigenvalue weighted by Crippen LogP contribution is -2.42. The SMILES string of the molecule is O=C(Cn1cc(Nc2nn3cc(-c4ccc(Cl)cc4)nc3s2)cn1)N1CCOCC1. The molecule has 9 nitrogen and oxygen atoms in total. The molecule has 4 heterocycles. The number of imidazole rings is 1.